The van der Waals surface area contributed by atoms with Crippen molar-refractivity contribution in [3.05, 3.63) is 108 Å². The predicted octanol–water partition coefficient (Wildman–Crippen LogP) is 5.89. The first kappa shape index (κ1) is 23.1. The molecule has 0 saturated carbocycles. The summed E-state index contributed by atoms with van der Waals surface area (Å²) >= 11 is 5.33. The molecule has 1 aliphatic rings. The van der Waals surface area contributed by atoms with Crippen LogP contribution in [0.5, 0.6) is 11.5 Å². The highest BCUT2D eigenvalue weighted by atomic mass is 32.1. The van der Waals surface area contributed by atoms with Gasteiger partial charge < -0.3 is 4.74 Å². The van der Waals surface area contributed by atoms with E-state index in [0.717, 1.165) is 11.1 Å². The second kappa shape index (κ2) is 10.3. The fourth-order valence-corrected chi connectivity index (χ4v) is 3.83. The van der Waals surface area contributed by atoms with Crippen LogP contribution in [0, 0.1) is 5.92 Å². The van der Waals surface area contributed by atoms with Gasteiger partial charge in [-0.1, -0.05) is 68.5 Å². The highest BCUT2D eigenvalue weighted by molar-refractivity contribution is 7.80. The van der Waals surface area contributed by atoms with Gasteiger partial charge in [-0.3, -0.25) is 19.8 Å². The Morgan fingerprint density at radius 3 is 2.09 bits per heavy atom. The number of carbonyl (C=O) groups is 2. The molecule has 1 aliphatic heterocycles. The van der Waals surface area contributed by atoms with Crippen molar-refractivity contribution in [1.29, 1.82) is 0 Å². The number of thiocarbonyl (C=S) groups is 1. The number of benzene rings is 3. The number of amides is 2. The molecular weight excluding hydrogens is 444 g/mol. The first-order valence-corrected chi connectivity index (χ1v) is 11.3. The maximum atomic E-state index is 13.4. The van der Waals surface area contributed by atoms with Gasteiger partial charge in [-0.05, 0) is 71.7 Å². The lowest BCUT2D eigenvalue weighted by Crippen LogP contribution is -2.54. The zero-order chi connectivity index (χ0) is 24.1. The predicted molar refractivity (Wildman–Crippen MR) is 139 cm³/mol. The Kier molecular flexibility index (Phi) is 6.99. The van der Waals surface area contributed by atoms with Gasteiger partial charge in [0.15, 0.2) is 5.11 Å². The summed E-state index contributed by atoms with van der Waals surface area (Å²) in [6, 6.07) is 26.1. The van der Waals surface area contributed by atoms with E-state index in [1.807, 2.05) is 80.6 Å². The van der Waals surface area contributed by atoms with Crippen molar-refractivity contribution in [2.24, 2.45) is 5.92 Å². The van der Waals surface area contributed by atoms with E-state index in [-0.39, 0.29) is 16.6 Å². The average Bonchev–Trinajstić information content (AvgIpc) is 2.83. The molecule has 0 aromatic heterocycles. The number of allylic oxidation sites excluding steroid dienone is 3. The minimum atomic E-state index is -0.513. The third-order valence-corrected chi connectivity index (χ3v) is 5.38. The van der Waals surface area contributed by atoms with Crippen molar-refractivity contribution in [3.63, 3.8) is 0 Å². The molecular formula is C28H24N2O3S. The van der Waals surface area contributed by atoms with Gasteiger partial charge in [0.25, 0.3) is 11.8 Å². The van der Waals surface area contributed by atoms with Gasteiger partial charge in [-0.2, -0.15) is 0 Å². The maximum Gasteiger partial charge on any atom is 0.270 e. The summed E-state index contributed by atoms with van der Waals surface area (Å²) in [5.74, 6) is 0.569. The first-order chi connectivity index (χ1) is 16.4. The highest BCUT2D eigenvalue weighted by Gasteiger charge is 2.34. The molecule has 0 spiro atoms. The minimum absolute atomic E-state index is 0.0222. The third-order valence-electron chi connectivity index (χ3n) is 5.10. The molecule has 0 atom stereocenters. The Morgan fingerprint density at radius 1 is 0.882 bits per heavy atom. The third kappa shape index (κ3) is 5.30. The molecule has 1 heterocycles. The van der Waals surface area contributed by atoms with Crippen molar-refractivity contribution >= 4 is 40.4 Å². The zero-order valence-corrected chi connectivity index (χ0v) is 19.7. The number of para-hydroxylation sites is 1. The molecule has 0 radical (unpaired) electrons. The molecule has 1 fully saturated rings. The fourth-order valence-electron chi connectivity index (χ4n) is 3.55. The molecule has 1 saturated heterocycles. The summed E-state index contributed by atoms with van der Waals surface area (Å²) in [6.07, 6.45) is 3.66. The Morgan fingerprint density at radius 2 is 1.47 bits per heavy atom. The normalized spacial score (nSPS) is 15.6. The van der Waals surface area contributed by atoms with Crippen LogP contribution in [0.25, 0.3) is 5.57 Å². The number of hydrogen-bond donors (Lipinski definition) is 1. The minimum Gasteiger partial charge on any atom is -0.457 e. The van der Waals surface area contributed by atoms with E-state index in [0.29, 0.717) is 17.2 Å². The summed E-state index contributed by atoms with van der Waals surface area (Å²) in [6.45, 7) is 4.09. The van der Waals surface area contributed by atoms with Gasteiger partial charge in [0.05, 0.1) is 5.69 Å². The first-order valence-electron chi connectivity index (χ1n) is 10.9. The lowest BCUT2D eigenvalue weighted by Gasteiger charge is -2.29. The van der Waals surface area contributed by atoms with E-state index in [1.165, 1.54) is 4.90 Å². The molecule has 0 unspecified atom stereocenters. The molecule has 34 heavy (non-hydrogen) atoms. The monoisotopic (exact) mass is 468 g/mol. The van der Waals surface area contributed by atoms with E-state index in [2.05, 4.69) is 5.32 Å². The molecule has 3 aromatic carbocycles. The van der Waals surface area contributed by atoms with E-state index in [1.54, 1.807) is 30.3 Å². The van der Waals surface area contributed by atoms with Crippen LogP contribution < -0.4 is 15.0 Å². The van der Waals surface area contributed by atoms with E-state index in [4.69, 9.17) is 17.0 Å². The number of carbonyl (C=O) groups excluding carboxylic acids is 2. The lowest BCUT2D eigenvalue weighted by molar-refractivity contribution is -0.122. The standard InChI is InChI=1S/C28H24N2O3S/c1-19(2)17-21(20-9-5-3-6-10-20)18-25-26(31)29-28(34)30(27(25)32)22-13-15-24(16-14-22)33-23-11-7-4-8-12-23/h3-19H,1-2H3,(H,29,31,34)/b21-17-,25-18+. The van der Waals surface area contributed by atoms with Crippen LogP contribution in [0.3, 0.4) is 0 Å². The average molecular weight is 469 g/mol. The number of hydrogen-bond acceptors (Lipinski definition) is 4. The van der Waals surface area contributed by atoms with Crippen LogP contribution >= 0.6 is 12.2 Å². The van der Waals surface area contributed by atoms with Crippen molar-refractivity contribution in [1.82, 2.24) is 5.32 Å². The molecule has 0 bridgehead atoms. The SMILES string of the molecule is CC(C)/C=C(/C=C1\C(=O)NC(=S)N(c2ccc(Oc3ccccc3)cc2)C1=O)c1ccccc1. The van der Waals surface area contributed by atoms with Crippen molar-refractivity contribution in [3.8, 4) is 11.5 Å². The molecule has 4 rings (SSSR count). The fraction of sp³-hybridized carbons (Fsp3) is 0.107. The second-order valence-corrected chi connectivity index (χ2v) is 8.49. The Hall–Kier alpha value is -4.03. The largest absolute Gasteiger partial charge is 0.457 e. The molecule has 0 aliphatic carbocycles. The van der Waals surface area contributed by atoms with Crippen LogP contribution in [-0.4, -0.2) is 16.9 Å². The topological polar surface area (TPSA) is 58.6 Å². The summed E-state index contributed by atoms with van der Waals surface area (Å²) in [5.41, 5.74) is 2.28. The number of nitrogens with one attached hydrogen (secondary N) is 1. The van der Waals surface area contributed by atoms with Crippen LogP contribution in [0.15, 0.2) is 103 Å². The second-order valence-electron chi connectivity index (χ2n) is 8.10. The summed E-state index contributed by atoms with van der Waals surface area (Å²) in [5, 5.41) is 2.68. The summed E-state index contributed by atoms with van der Waals surface area (Å²) in [7, 11) is 0. The Bertz CT molecular complexity index is 1260. The van der Waals surface area contributed by atoms with Crippen molar-refractivity contribution in [2.45, 2.75) is 13.8 Å². The van der Waals surface area contributed by atoms with Gasteiger partial charge >= 0.3 is 0 Å². The van der Waals surface area contributed by atoms with Crippen molar-refractivity contribution in [2.75, 3.05) is 4.90 Å². The highest BCUT2D eigenvalue weighted by Crippen LogP contribution is 2.28. The van der Waals surface area contributed by atoms with Crippen LogP contribution in [-0.2, 0) is 9.59 Å². The smallest absolute Gasteiger partial charge is 0.270 e. The molecule has 6 heteroatoms. The van der Waals surface area contributed by atoms with Gasteiger partial charge in [0.2, 0.25) is 0 Å². The van der Waals surface area contributed by atoms with E-state index in [9.17, 15) is 9.59 Å². The number of ether oxygens (including phenoxy) is 1. The molecule has 170 valence electrons. The number of anilines is 1. The molecule has 3 aromatic rings. The molecule has 5 nitrogen and oxygen atoms in total. The van der Waals surface area contributed by atoms with Crippen molar-refractivity contribution < 1.29 is 14.3 Å². The molecule has 1 N–H and O–H groups in total. The van der Waals surface area contributed by atoms with Gasteiger partial charge in [-0.25, -0.2) is 0 Å². The van der Waals surface area contributed by atoms with Gasteiger partial charge in [0, 0.05) is 0 Å². The zero-order valence-electron chi connectivity index (χ0n) is 18.9. The van der Waals surface area contributed by atoms with Crippen LogP contribution in [0.4, 0.5) is 5.69 Å². The van der Waals surface area contributed by atoms with Crippen LogP contribution in [0.1, 0.15) is 19.4 Å². The molecule has 2 amide bonds. The van der Waals surface area contributed by atoms with Gasteiger partial charge in [0.1, 0.15) is 17.1 Å². The van der Waals surface area contributed by atoms with Gasteiger partial charge in [-0.15, -0.1) is 0 Å². The lowest BCUT2D eigenvalue weighted by atomic mass is 9.98. The summed E-state index contributed by atoms with van der Waals surface area (Å²) < 4.78 is 5.83. The number of rotatable bonds is 6. The Labute approximate surface area is 204 Å². The van der Waals surface area contributed by atoms with Crippen LogP contribution in [0.2, 0.25) is 0 Å². The van der Waals surface area contributed by atoms with E-state index >= 15 is 0 Å². The van der Waals surface area contributed by atoms with E-state index < -0.39 is 11.8 Å². The number of nitrogens with zero attached hydrogens (tertiary/aromatic N) is 1. The maximum absolute atomic E-state index is 13.4. The quantitative estimate of drug-likeness (QED) is 0.278. The summed E-state index contributed by atoms with van der Waals surface area (Å²) in [4.78, 5) is 27.5. The Balaban J connectivity index is 1.64.